The second-order valence-electron chi connectivity index (χ2n) is 3.95. The zero-order valence-corrected chi connectivity index (χ0v) is 8.65. The number of hydrogen-bond acceptors (Lipinski definition) is 2. The molecule has 1 aromatic rings. The molecule has 0 aromatic heterocycles. The molecule has 1 fully saturated rings. The van der Waals surface area contributed by atoms with Crippen molar-refractivity contribution in [1.29, 1.82) is 0 Å². The highest BCUT2D eigenvalue weighted by Crippen LogP contribution is 2.10. The number of nitrogens with zero attached hydrogens (tertiary/aromatic N) is 1. The van der Waals surface area contributed by atoms with Crippen LogP contribution in [0.3, 0.4) is 0 Å². The topological polar surface area (TPSA) is 15.8 Å². The zero-order valence-electron chi connectivity index (χ0n) is 8.65. The number of rotatable bonds is 5. The maximum atomic E-state index is 5.19. The van der Waals surface area contributed by atoms with E-state index in [4.69, 9.17) is 4.74 Å². The van der Waals surface area contributed by atoms with E-state index < -0.39 is 0 Å². The molecule has 0 amide bonds. The third kappa shape index (κ3) is 3.13. The van der Waals surface area contributed by atoms with Gasteiger partial charge in [-0.25, -0.2) is 0 Å². The molecule has 1 unspecified atom stereocenters. The molecule has 0 bridgehead atoms. The maximum Gasteiger partial charge on any atom is 0.0936 e. The molecular weight excluding hydrogens is 174 g/mol. The lowest BCUT2D eigenvalue weighted by atomic mass is 10.1. The van der Waals surface area contributed by atoms with Gasteiger partial charge in [-0.05, 0) is 19.0 Å². The van der Waals surface area contributed by atoms with E-state index in [0.717, 1.165) is 26.1 Å². The van der Waals surface area contributed by atoms with Gasteiger partial charge in [-0.15, -0.1) is 0 Å². The molecule has 1 atom stereocenters. The Labute approximate surface area is 85.5 Å². The third-order valence-electron chi connectivity index (χ3n) is 2.54. The van der Waals surface area contributed by atoms with Gasteiger partial charge >= 0.3 is 0 Å². The fraction of sp³-hybridized carbons (Fsp3) is 0.500. The molecule has 0 aliphatic carbocycles. The summed E-state index contributed by atoms with van der Waals surface area (Å²) >= 11 is 0. The number of ether oxygens (including phenoxy) is 1. The highest BCUT2D eigenvalue weighted by Gasteiger charge is 2.23. The van der Waals surface area contributed by atoms with Crippen molar-refractivity contribution >= 4 is 0 Å². The predicted molar refractivity (Wildman–Crippen MR) is 57.4 cm³/mol. The van der Waals surface area contributed by atoms with Crippen molar-refractivity contribution in [1.82, 2.24) is 4.90 Å². The maximum absolute atomic E-state index is 5.19. The zero-order chi connectivity index (χ0) is 9.80. The highest BCUT2D eigenvalue weighted by atomic mass is 16.6. The summed E-state index contributed by atoms with van der Waals surface area (Å²) in [5.41, 5.74) is 1.41. The molecule has 1 aliphatic heterocycles. The van der Waals surface area contributed by atoms with Crippen molar-refractivity contribution in [3.8, 4) is 0 Å². The molecule has 1 heterocycles. The smallest absolute Gasteiger partial charge is 0.0936 e. The van der Waals surface area contributed by atoms with E-state index in [1.165, 1.54) is 5.56 Å². The SMILES string of the molecule is CN(CCc1ccccc1)CC1CO1. The first-order valence-corrected chi connectivity index (χ1v) is 5.18. The van der Waals surface area contributed by atoms with Gasteiger partial charge in [0.1, 0.15) is 0 Å². The van der Waals surface area contributed by atoms with Crippen molar-refractivity contribution in [2.75, 3.05) is 26.7 Å². The summed E-state index contributed by atoms with van der Waals surface area (Å²) in [5, 5.41) is 0. The van der Waals surface area contributed by atoms with E-state index in [2.05, 4.69) is 42.3 Å². The number of likely N-dealkylation sites (N-methyl/N-ethyl adjacent to an activating group) is 1. The molecule has 2 nitrogen and oxygen atoms in total. The fourth-order valence-electron chi connectivity index (χ4n) is 1.58. The van der Waals surface area contributed by atoms with Gasteiger partial charge in [0.2, 0.25) is 0 Å². The number of benzene rings is 1. The Kier molecular flexibility index (Phi) is 3.17. The van der Waals surface area contributed by atoms with Crippen LogP contribution in [0.2, 0.25) is 0 Å². The van der Waals surface area contributed by atoms with Gasteiger partial charge in [-0.2, -0.15) is 0 Å². The lowest BCUT2D eigenvalue weighted by Crippen LogP contribution is -2.25. The molecule has 0 N–H and O–H groups in total. The molecule has 0 spiro atoms. The Morgan fingerprint density at radius 3 is 2.71 bits per heavy atom. The van der Waals surface area contributed by atoms with Gasteiger partial charge in [-0.1, -0.05) is 30.3 Å². The average Bonchev–Trinajstić information content (AvgIpc) is 3.00. The Morgan fingerprint density at radius 2 is 2.07 bits per heavy atom. The summed E-state index contributed by atoms with van der Waals surface area (Å²) < 4.78 is 5.19. The summed E-state index contributed by atoms with van der Waals surface area (Å²) in [6.07, 6.45) is 1.64. The van der Waals surface area contributed by atoms with Crippen LogP contribution in [0.1, 0.15) is 5.56 Å². The third-order valence-corrected chi connectivity index (χ3v) is 2.54. The molecular formula is C12H17NO. The molecule has 0 saturated carbocycles. The minimum absolute atomic E-state index is 0.510. The van der Waals surface area contributed by atoms with Crippen LogP contribution in [0.5, 0.6) is 0 Å². The van der Waals surface area contributed by atoms with Gasteiger partial charge in [0.05, 0.1) is 12.7 Å². The lowest BCUT2D eigenvalue weighted by molar-refractivity contribution is 0.287. The Bertz CT molecular complexity index is 269. The van der Waals surface area contributed by atoms with Crippen molar-refractivity contribution in [3.63, 3.8) is 0 Å². The van der Waals surface area contributed by atoms with Crippen molar-refractivity contribution in [3.05, 3.63) is 35.9 Å². The second kappa shape index (κ2) is 4.58. The highest BCUT2D eigenvalue weighted by molar-refractivity contribution is 5.14. The van der Waals surface area contributed by atoms with E-state index >= 15 is 0 Å². The molecule has 2 rings (SSSR count). The molecule has 1 saturated heterocycles. The van der Waals surface area contributed by atoms with Crippen LogP contribution in [-0.2, 0) is 11.2 Å². The van der Waals surface area contributed by atoms with Crippen molar-refractivity contribution in [2.24, 2.45) is 0 Å². The van der Waals surface area contributed by atoms with E-state index in [0.29, 0.717) is 6.10 Å². The minimum atomic E-state index is 0.510. The molecule has 1 aliphatic rings. The predicted octanol–water partition coefficient (Wildman–Crippen LogP) is 1.56. The molecule has 14 heavy (non-hydrogen) atoms. The summed E-state index contributed by atoms with van der Waals surface area (Å²) in [7, 11) is 2.16. The van der Waals surface area contributed by atoms with Crippen LogP contribution in [-0.4, -0.2) is 37.7 Å². The fourth-order valence-corrected chi connectivity index (χ4v) is 1.58. The van der Waals surface area contributed by atoms with E-state index in [1.54, 1.807) is 0 Å². The first-order chi connectivity index (χ1) is 6.84. The van der Waals surface area contributed by atoms with Gasteiger partial charge in [0.25, 0.3) is 0 Å². The van der Waals surface area contributed by atoms with Crippen LogP contribution in [0.4, 0.5) is 0 Å². The summed E-state index contributed by atoms with van der Waals surface area (Å²) in [5.74, 6) is 0. The molecule has 2 heteroatoms. The minimum Gasteiger partial charge on any atom is -0.372 e. The van der Waals surface area contributed by atoms with Gasteiger partial charge < -0.3 is 9.64 Å². The summed E-state index contributed by atoms with van der Waals surface area (Å²) in [6.45, 7) is 3.15. The van der Waals surface area contributed by atoms with Gasteiger partial charge in [0, 0.05) is 13.1 Å². The van der Waals surface area contributed by atoms with Crippen LogP contribution in [0.25, 0.3) is 0 Å². The van der Waals surface area contributed by atoms with Gasteiger partial charge in [0.15, 0.2) is 0 Å². The van der Waals surface area contributed by atoms with Crippen LogP contribution >= 0.6 is 0 Å². The van der Waals surface area contributed by atoms with Crippen LogP contribution < -0.4 is 0 Å². The van der Waals surface area contributed by atoms with Crippen LogP contribution in [0.15, 0.2) is 30.3 Å². The second-order valence-corrected chi connectivity index (χ2v) is 3.95. The first-order valence-electron chi connectivity index (χ1n) is 5.18. The molecule has 1 aromatic carbocycles. The molecule has 76 valence electrons. The molecule has 0 radical (unpaired) electrons. The van der Waals surface area contributed by atoms with Crippen LogP contribution in [0, 0.1) is 0 Å². The summed E-state index contributed by atoms with van der Waals surface area (Å²) in [4.78, 5) is 2.34. The van der Waals surface area contributed by atoms with Gasteiger partial charge in [-0.3, -0.25) is 0 Å². The Hall–Kier alpha value is -0.860. The lowest BCUT2D eigenvalue weighted by Gasteiger charge is -2.14. The largest absolute Gasteiger partial charge is 0.372 e. The monoisotopic (exact) mass is 191 g/mol. The van der Waals surface area contributed by atoms with E-state index in [1.807, 2.05) is 0 Å². The number of epoxide rings is 1. The first kappa shape index (κ1) is 9.69. The number of hydrogen-bond donors (Lipinski definition) is 0. The van der Waals surface area contributed by atoms with Crippen molar-refractivity contribution < 1.29 is 4.74 Å². The normalized spacial score (nSPS) is 20.0. The standard InChI is InChI=1S/C12H17NO/c1-13(9-12-10-14-12)8-7-11-5-3-2-4-6-11/h2-6,12H,7-10H2,1H3. The Balaban J connectivity index is 1.70. The van der Waals surface area contributed by atoms with E-state index in [9.17, 15) is 0 Å². The van der Waals surface area contributed by atoms with E-state index in [-0.39, 0.29) is 0 Å². The average molecular weight is 191 g/mol. The summed E-state index contributed by atoms with van der Waals surface area (Å²) in [6, 6.07) is 10.6. The van der Waals surface area contributed by atoms with Crippen molar-refractivity contribution in [2.45, 2.75) is 12.5 Å². The Morgan fingerprint density at radius 1 is 1.36 bits per heavy atom. The quantitative estimate of drug-likeness (QED) is 0.656.